The number of halogens is 3. The van der Waals surface area contributed by atoms with E-state index in [4.69, 9.17) is 28.3 Å². The number of carboxylic acid groups (broad SMARTS) is 1. The summed E-state index contributed by atoms with van der Waals surface area (Å²) >= 11 is 11.5. The molecule has 108 valence electrons. The third-order valence-corrected chi connectivity index (χ3v) is 3.90. The molecule has 4 nitrogen and oxygen atoms in total. The van der Waals surface area contributed by atoms with E-state index in [2.05, 4.69) is 0 Å². The van der Waals surface area contributed by atoms with Crippen molar-refractivity contribution in [2.75, 3.05) is 13.1 Å². The Morgan fingerprint density at radius 2 is 2.00 bits per heavy atom. The van der Waals surface area contributed by atoms with Crippen LogP contribution in [0.15, 0.2) is 12.1 Å². The first-order valence-electron chi connectivity index (χ1n) is 6.06. The van der Waals surface area contributed by atoms with E-state index in [-0.39, 0.29) is 22.2 Å². The van der Waals surface area contributed by atoms with Gasteiger partial charge in [-0.25, -0.2) is 4.39 Å². The minimum atomic E-state index is -0.934. The van der Waals surface area contributed by atoms with Gasteiger partial charge in [0.05, 0.1) is 21.5 Å². The molecule has 1 saturated heterocycles. The van der Waals surface area contributed by atoms with E-state index in [9.17, 15) is 14.0 Å². The molecule has 1 amide bonds. The maximum absolute atomic E-state index is 13.4. The lowest BCUT2D eigenvalue weighted by molar-refractivity contribution is -0.143. The Morgan fingerprint density at radius 3 is 2.65 bits per heavy atom. The van der Waals surface area contributed by atoms with Crippen molar-refractivity contribution in [3.05, 3.63) is 33.6 Å². The summed E-state index contributed by atoms with van der Waals surface area (Å²) in [5, 5.41) is 8.90. The van der Waals surface area contributed by atoms with Crippen molar-refractivity contribution < 1.29 is 19.1 Å². The first-order chi connectivity index (χ1) is 9.40. The second kappa shape index (κ2) is 5.97. The lowest BCUT2D eigenvalue weighted by Gasteiger charge is -2.31. The Hall–Kier alpha value is -1.33. The highest BCUT2D eigenvalue weighted by atomic mass is 35.5. The van der Waals surface area contributed by atoms with Crippen LogP contribution in [0.25, 0.3) is 0 Å². The second-order valence-electron chi connectivity index (χ2n) is 4.67. The van der Waals surface area contributed by atoms with Gasteiger partial charge in [0, 0.05) is 13.1 Å². The minimum absolute atomic E-state index is 0.000365. The highest BCUT2D eigenvalue weighted by Gasteiger charge is 2.29. The van der Waals surface area contributed by atoms with E-state index in [1.54, 1.807) is 0 Å². The lowest BCUT2D eigenvalue weighted by atomic mass is 9.97. The van der Waals surface area contributed by atoms with Crippen LogP contribution in [0.1, 0.15) is 23.2 Å². The van der Waals surface area contributed by atoms with Crippen molar-refractivity contribution in [2.45, 2.75) is 12.8 Å². The van der Waals surface area contributed by atoms with Gasteiger partial charge in [0.15, 0.2) is 0 Å². The first-order valence-corrected chi connectivity index (χ1v) is 6.82. The number of piperidine rings is 1. The van der Waals surface area contributed by atoms with Gasteiger partial charge in [-0.1, -0.05) is 23.2 Å². The van der Waals surface area contributed by atoms with Gasteiger partial charge in [-0.3, -0.25) is 9.59 Å². The van der Waals surface area contributed by atoms with Crippen LogP contribution in [-0.4, -0.2) is 35.0 Å². The van der Waals surface area contributed by atoms with Gasteiger partial charge in [0.1, 0.15) is 5.82 Å². The molecule has 7 heteroatoms. The van der Waals surface area contributed by atoms with Crippen LogP contribution in [0.4, 0.5) is 4.39 Å². The molecule has 1 aliphatic rings. The van der Waals surface area contributed by atoms with E-state index in [0.717, 1.165) is 6.07 Å². The van der Waals surface area contributed by atoms with Gasteiger partial charge < -0.3 is 10.0 Å². The first kappa shape index (κ1) is 15.1. The number of likely N-dealkylation sites (tertiary alicyclic amines) is 1. The molecule has 1 aromatic rings. The zero-order valence-electron chi connectivity index (χ0n) is 10.4. The number of carbonyl (C=O) groups excluding carboxylic acids is 1. The average Bonchev–Trinajstić information content (AvgIpc) is 2.42. The van der Waals surface area contributed by atoms with E-state index in [1.165, 1.54) is 11.0 Å². The summed E-state index contributed by atoms with van der Waals surface area (Å²) in [5.41, 5.74) is -0.000365. The van der Waals surface area contributed by atoms with Crippen LogP contribution in [0.2, 0.25) is 10.0 Å². The van der Waals surface area contributed by atoms with Crippen molar-refractivity contribution in [1.82, 2.24) is 4.90 Å². The van der Waals surface area contributed by atoms with Crippen LogP contribution >= 0.6 is 23.2 Å². The summed E-state index contributed by atoms with van der Waals surface area (Å²) < 4.78 is 13.4. The van der Waals surface area contributed by atoms with Gasteiger partial charge in [-0.15, -0.1) is 0 Å². The van der Waals surface area contributed by atoms with Crippen LogP contribution in [0.3, 0.4) is 0 Å². The van der Waals surface area contributed by atoms with Gasteiger partial charge in [0.25, 0.3) is 5.91 Å². The molecule has 0 saturated carbocycles. The third-order valence-electron chi connectivity index (χ3n) is 3.30. The standard InChI is InChI=1S/C13H12Cl2FNO3/c14-9-5-10(15)11(16)4-8(9)12(18)17-3-1-2-7(6-17)13(19)20/h4-5,7H,1-3,6H2,(H,19,20)/t7-/m1/s1. The Bertz CT molecular complexity index is 565. The van der Waals surface area contributed by atoms with E-state index in [0.29, 0.717) is 19.4 Å². The third kappa shape index (κ3) is 3.04. The van der Waals surface area contributed by atoms with Crippen molar-refractivity contribution in [3.63, 3.8) is 0 Å². The summed E-state index contributed by atoms with van der Waals surface area (Å²) in [7, 11) is 0. The minimum Gasteiger partial charge on any atom is -0.481 e. The normalized spacial score (nSPS) is 18.9. The zero-order valence-corrected chi connectivity index (χ0v) is 11.9. The molecule has 0 unspecified atom stereocenters. The topological polar surface area (TPSA) is 57.6 Å². The molecule has 1 aromatic carbocycles. The van der Waals surface area contributed by atoms with Crippen molar-refractivity contribution in [3.8, 4) is 0 Å². The number of amides is 1. The lowest BCUT2D eigenvalue weighted by Crippen LogP contribution is -2.42. The van der Waals surface area contributed by atoms with Crippen LogP contribution < -0.4 is 0 Å². The molecule has 0 aliphatic carbocycles. The van der Waals surface area contributed by atoms with Gasteiger partial charge in [-0.2, -0.15) is 0 Å². The van der Waals surface area contributed by atoms with Crippen LogP contribution in [0, 0.1) is 11.7 Å². The maximum atomic E-state index is 13.4. The number of hydrogen-bond acceptors (Lipinski definition) is 2. The molecule has 0 aromatic heterocycles. The Labute approximate surface area is 125 Å². The summed E-state index contributed by atoms with van der Waals surface area (Å²) in [6.45, 7) is 0.540. The fourth-order valence-corrected chi connectivity index (χ4v) is 2.68. The summed E-state index contributed by atoms with van der Waals surface area (Å²) in [6, 6.07) is 2.15. The highest BCUT2D eigenvalue weighted by Crippen LogP contribution is 2.27. The quantitative estimate of drug-likeness (QED) is 0.852. The number of carboxylic acids is 1. The molecule has 2 rings (SSSR count). The summed E-state index contributed by atoms with van der Waals surface area (Å²) in [4.78, 5) is 24.7. The SMILES string of the molecule is O=C(O)[C@@H]1CCCN(C(=O)c2cc(F)c(Cl)cc2Cl)C1. The molecule has 20 heavy (non-hydrogen) atoms. The predicted molar refractivity (Wildman–Crippen MR) is 72.7 cm³/mol. The predicted octanol–water partition coefficient (Wildman–Crippen LogP) is 3.07. The fourth-order valence-electron chi connectivity index (χ4n) is 2.22. The second-order valence-corrected chi connectivity index (χ2v) is 5.49. The number of benzene rings is 1. The highest BCUT2D eigenvalue weighted by molar-refractivity contribution is 6.36. The number of rotatable bonds is 2. The molecule has 0 radical (unpaired) electrons. The summed E-state index contributed by atoms with van der Waals surface area (Å²) in [6.07, 6.45) is 1.12. The molecule has 1 heterocycles. The molecule has 1 aliphatic heterocycles. The molecule has 0 spiro atoms. The van der Waals surface area contributed by atoms with E-state index in [1.807, 2.05) is 0 Å². The van der Waals surface area contributed by atoms with Crippen molar-refractivity contribution in [1.29, 1.82) is 0 Å². The molecular weight excluding hydrogens is 308 g/mol. The summed E-state index contributed by atoms with van der Waals surface area (Å²) in [5.74, 6) is -2.73. The zero-order chi connectivity index (χ0) is 14.9. The molecule has 1 N–H and O–H groups in total. The monoisotopic (exact) mass is 319 g/mol. The molecule has 0 bridgehead atoms. The van der Waals surface area contributed by atoms with Crippen molar-refractivity contribution >= 4 is 35.1 Å². The smallest absolute Gasteiger partial charge is 0.308 e. The Kier molecular flexibility index (Phi) is 4.50. The van der Waals surface area contributed by atoms with E-state index < -0.39 is 23.6 Å². The van der Waals surface area contributed by atoms with Crippen LogP contribution in [0.5, 0.6) is 0 Å². The Morgan fingerprint density at radius 1 is 1.30 bits per heavy atom. The molecule has 1 atom stereocenters. The van der Waals surface area contributed by atoms with Gasteiger partial charge >= 0.3 is 5.97 Å². The average molecular weight is 320 g/mol. The van der Waals surface area contributed by atoms with Gasteiger partial charge in [0.2, 0.25) is 0 Å². The van der Waals surface area contributed by atoms with Crippen LogP contribution in [-0.2, 0) is 4.79 Å². The largest absolute Gasteiger partial charge is 0.481 e. The number of nitrogens with zero attached hydrogens (tertiary/aromatic N) is 1. The van der Waals surface area contributed by atoms with Gasteiger partial charge in [-0.05, 0) is 25.0 Å². The van der Waals surface area contributed by atoms with Crippen molar-refractivity contribution in [2.24, 2.45) is 5.92 Å². The Balaban J connectivity index is 2.23. The van der Waals surface area contributed by atoms with E-state index >= 15 is 0 Å². The maximum Gasteiger partial charge on any atom is 0.308 e. The number of carbonyl (C=O) groups is 2. The molecule has 1 fully saturated rings. The molecular formula is C13H12Cl2FNO3. The number of aliphatic carboxylic acids is 1. The number of hydrogen-bond donors (Lipinski definition) is 1. The fraction of sp³-hybridized carbons (Fsp3) is 0.385.